The Hall–Kier alpha value is -1.76. The molecule has 1 aliphatic heterocycles. The molecule has 0 aliphatic carbocycles. The summed E-state index contributed by atoms with van der Waals surface area (Å²) < 4.78 is 10.8. The fraction of sp³-hybridized carbons (Fsp3) is 0.421. The van der Waals surface area contributed by atoms with Crippen molar-refractivity contribution in [1.29, 1.82) is 0 Å². The highest BCUT2D eigenvalue weighted by atomic mass is 35.5. The number of likely N-dealkylation sites (tertiary alicyclic amines) is 1. The third-order valence-corrected chi connectivity index (χ3v) is 5.38. The Morgan fingerprint density at radius 2 is 2.15 bits per heavy atom. The van der Waals surface area contributed by atoms with Gasteiger partial charge in [0.2, 0.25) is 0 Å². The summed E-state index contributed by atoms with van der Waals surface area (Å²) in [5.41, 5.74) is 0.744. The predicted octanol–water partition coefficient (Wildman–Crippen LogP) is 4.23. The highest BCUT2D eigenvalue weighted by Gasteiger charge is 2.26. The van der Waals surface area contributed by atoms with Crippen molar-refractivity contribution >= 4 is 34.6 Å². The van der Waals surface area contributed by atoms with E-state index in [-0.39, 0.29) is 0 Å². The molecule has 1 aromatic carbocycles. The van der Waals surface area contributed by atoms with Gasteiger partial charge in [-0.3, -0.25) is 0 Å². The van der Waals surface area contributed by atoms with Gasteiger partial charge in [0.25, 0.3) is 0 Å². The molecule has 0 spiro atoms. The van der Waals surface area contributed by atoms with Gasteiger partial charge in [0, 0.05) is 12.1 Å². The maximum atomic E-state index is 6.33. The van der Waals surface area contributed by atoms with Crippen LogP contribution in [-0.4, -0.2) is 48.2 Å². The van der Waals surface area contributed by atoms with Crippen LogP contribution in [0.25, 0.3) is 0 Å². The summed E-state index contributed by atoms with van der Waals surface area (Å²) in [6.45, 7) is 2.75. The molecule has 0 radical (unpaired) electrons. The van der Waals surface area contributed by atoms with E-state index >= 15 is 0 Å². The minimum absolute atomic E-state index is 0.362. The van der Waals surface area contributed by atoms with Gasteiger partial charge in [-0.1, -0.05) is 11.6 Å². The van der Waals surface area contributed by atoms with Crippen molar-refractivity contribution in [3.05, 3.63) is 47.4 Å². The van der Waals surface area contributed by atoms with Crippen LogP contribution in [0.2, 0.25) is 5.02 Å². The minimum atomic E-state index is 0.362. The number of hydrogen-bond acceptors (Lipinski definition) is 4. The molecule has 0 saturated carbocycles. The quantitative estimate of drug-likeness (QED) is 0.766. The Balaban J connectivity index is 1.78. The second kappa shape index (κ2) is 8.75. The van der Waals surface area contributed by atoms with Gasteiger partial charge in [-0.2, -0.15) is 0 Å². The lowest BCUT2D eigenvalue weighted by Crippen LogP contribution is -2.47. The van der Waals surface area contributed by atoms with Crippen molar-refractivity contribution in [2.45, 2.75) is 25.4 Å². The molecule has 1 N–H and O–H groups in total. The molecule has 1 fully saturated rings. The highest BCUT2D eigenvalue weighted by molar-refractivity contribution is 7.80. The highest BCUT2D eigenvalue weighted by Crippen LogP contribution is 2.28. The van der Waals surface area contributed by atoms with Crippen LogP contribution in [0, 0.1) is 0 Å². The number of nitrogens with one attached hydrogen (secondary N) is 1. The van der Waals surface area contributed by atoms with E-state index in [1.54, 1.807) is 19.4 Å². The number of methoxy groups -OCH3 is 1. The molecule has 2 aromatic rings. The maximum Gasteiger partial charge on any atom is 0.174 e. The summed E-state index contributed by atoms with van der Waals surface area (Å²) in [6, 6.07) is 9.72. The summed E-state index contributed by atoms with van der Waals surface area (Å²) >= 11 is 12.1. The smallest absolute Gasteiger partial charge is 0.174 e. The zero-order valence-electron chi connectivity index (χ0n) is 15.1. The lowest BCUT2D eigenvalue weighted by molar-refractivity contribution is 0.168. The first-order valence-electron chi connectivity index (χ1n) is 8.69. The number of hydrogen-bond donors (Lipinski definition) is 1. The number of benzene rings is 1. The van der Waals surface area contributed by atoms with Crippen molar-refractivity contribution in [1.82, 2.24) is 9.80 Å². The van der Waals surface area contributed by atoms with Crippen molar-refractivity contribution < 1.29 is 9.15 Å². The van der Waals surface area contributed by atoms with E-state index in [0.29, 0.717) is 22.7 Å². The third kappa shape index (κ3) is 4.69. The summed E-state index contributed by atoms with van der Waals surface area (Å²) in [7, 11) is 3.78. The Morgan fingerprint density at radius 3 is 2.81 bits per heavy atom. The molecule has 5 nitrogen and oxygen atoms in total. The van der Waals surface area contributed by atoms with Crippen LogP contribution in [-0.2, 0) is 6.54 Å². The zero-order valence-corrected chi connectivity index (χ0v) is 16.6. The zero-order chi connectivity index (χ0) is 18.5. The third-order valence-electron chi connectivity index (χ3n) is 4.71. The lowest BCUT2D eigenvalue weighted by Gasteiger charge is -2.38. The van der Waals surface area contributed by atoms with Crippen molar-refractivity contribution in [2.75, 3.05) is 32.6 Å². The predicted molar refractivity (Wildman–Crippen MR) is 109 cm³/mol. The van der Waals surface area contributed by atoms with Crippen LogP contribution in [0.3, 0.4) is 0 Å². The Kier molecular flexibility index (Phi) is 6.40. The summed E-state index contributed by atoms with van der Waals surface area (Å²) in [5.74, 6) is 1.63. The SMILES string of the molecule is COc1ccc(Cl)c(NC(=S)N(Cc2ccco2)C2CCN(C)CC2)c1. The number of anilines is 1. The first-order valence-corrected chi connectivity index (χ1v) is 9.47. The number of halogens is 1. The molecule has 1 aliphatic rings. The fourth-order valence-corrected chi connectivity index (χ4v) is 3.65. The van der Waals surface area contributed by atoms with E-state index < -0.39 is 0 Å². The largest absolute Gasteiger partial charge is 0.497 e. The first kappa shape index (κ1) is 19.0. The van der Waals surface area contributed by atoms with Crippen LogP contribution in [0.5, 0.6) is 5.75 Å². The standard InChI is InChI=1S/C19H24ClN3O2S/c1-22-9-7-14(8-10-22)23(13-16-4-3-11-25-16)19(26)21-18-12-15(24-2)5-6-17(18)20/h3-6,11-12,14H,7-10,13H2,1-2H3,(H,21,26). The molecule has 0 unspecified atom stereocenters. The van der Waals surface area contributed by atoms with E-state index in [1.165, 1.54) is 0 Å². The van der Waals surface area contributed by atoms with Crippen molar-refractivity contribution in [2.24, 2.45) is 0 Å². The second-order valence-corrected chi connectivity index (χ2v) is 7.31. The van der Waals surface area contributed by atoms with E-state index in [1.807, 2.05) is 24.3 Å². The minimum Gasteiger partial charge on any atom is -0.497 e. The number of nitrogens with zero attached hydrogens (tertiary/aromatic N) is 2. The molecule has 1 aromatic heterocycles. The monoisotopic (exact) mass is 393 g/mol. The molecule has 0 amide bonds. The van der Waals surface area contributed by atoms with Crippen LogP contribution in [0.15, 0.2) is 41.0 Å². The number of thiocarbonyl (C=S) groups is 1. The maximum absolute atomic E-state index is 6.33. The van der Waals surface area contributed by atoms with Gasteiger partial charge in [0.05, 0.1) is 30.6 Å². The lowest BCUT2D eigenvalue weighted by atomic mass is 10.0. The molecule has 1 saturated heterocycles. The van der Waals surface area contributed by atoms with Crippen LogP contribution in [0.4, 0.5) is 5.69 Å². The number of rotatable bonds is 5. The van der Waals surface area contributed by atoms with E-state index in [9.17, 15) is 0 Å². The van der Waals surface area contributed by atoms with Gasteiger partial charge in [0.1, 0.15) is 11.5 Å². The van der Waals surface area contributed by atoms with Gasteiger partial charge >= 0.3 is 0 Å². The Morgan fingerprint density at radius 1 is 1.38 bits per heavy atom. The van der Waals surface area contributed by atoms with Gasteiger partial charge in [0.15, 0.2) is 5.11 Å². The number of piperidine rings is 1. The van der Waals surface area contributed by atoms with E-state index in [0.717, 1.165) is 43.1 Å². The van der Waals surface area contributed by atoms with Crippen molar-refractivity contribution in [3.63, 3.8) is 0 Å². The Bertz CT molecular complexity index is 730. The summed E-state index contributed by atoms with van der Waals surface area (Å²) in [5, 5.41) is 4.55. The molecule has 140 valence electrons. The molecule has 0 atom stereocenters. The first-order chi connectivity index (χ1) is 12.6. The number of ether oxygens (including phenoxy) is 1. The summed E-state index contributed by atoms with van der Waals surface area (Å²) in [4.78, 5) is 4.55. The molecule has 26 heavy (non-hydrogen) atoms. The topological polar surface area (TPSA) is 40.9 Å². The van der Waals surface area contributed by atoms with E-state index in [2.05, 4.69) is 22.2 Å². The molecular weight excluding hydrogens is 370 g/mol. The molecule has 3 rings (SSSR count). The number of furan rings is 1. The van der Waals surface area contributed by atoms with Crippen molar-refractivity contribution in [3.8, 4) is 5.75 Å². The molecular formula is C19H24ClN3O2S. The molecule has 0 bridgehead atoms. The van der Waals surface area contributed by atoms with Crippen LogP contribution in [0.1, 0.15) is 18.6 Å². The van der Waals surface area contributed by atoms with Gasteiger partial charge in [-0.05, 0) is 69.5 Å². The average Bonchev–Trinajstić information content (AvgIpc) is 3.15. The van der Waals surface area contributed by atoms with Gasteiger partial charge in [-0.15, -0.1) is 0 Å². The summed E-state index contributed by atoms with van der Waals surface area (Å²) in [6.07, 6.45) is 3.81. The Labute approximate surface area is 164 Å². The average molecular weight is 394 g/mol. The molecule has 7 heteroatoms. The van der Waals surface area contributed by atoms with Gasteiger partial charge in [-0.25, -0.2) is 0 Å². The fourth-order valence-electron chi connectivity index (χ4n) is 3.16. The van der Waals surface area contributed by atoms with Crippen LogP contribution >= 0.6 is 23.8 Å². The normalized spacial score (nSPS) is 15.7. The van der Waals surface area contributed by atoms with Crippen LogP contribution < -0.4 is 10.1 Å². The second-order valence-electron chi connectivity index (χ2n) is 6.52. The van der Waals surface area contributed by atoms with E-state index in [4.69, 9.17) is 33.0 Å². The molecule has 2 heterocycles. The van der Waals surface area contributed by atoms with Gasteiger partial charge < -0.3 is 24.3 Å².